The molecule has 1 atom stereocenters. The van der Waals surface area contributed by atoms with Crippen LogP contribution < -0.4 is 10.0 Å². The second-order valence-corrected chi connectivity index (χ2v) is 7.27. The van der Waals surface area contributed by atoms with Crippen LogP contribution in [0.2, 0.25) is 0 Å². The Bertz CT molecular complexity index is 592. The van der Waals surface area contributed by atoms with Gasteiger partial charge in [0.15, 0.2) is 0 Å². The number of hydrogen-bond acceptors (Lipinski definition) is 4. The lowest BCUT2D eigenvalue weighted by atomic mass is 10.1. The van der Waals surface area contributed by atoms with Crippen LogP contribution in [0.25, 0.3) is 0 Å². The van der Waals surface area contributed by atoms with Crippen LogP contribution in [0.3, 0.4) is 0 Å². The predicted octanol–water partition coefficient (Wildman–Crippen LogP) is 0.680. The highest BCUT2D eigenvalue weighted by Gasteiger charge is 2.16. The maximum absolute atomic E-state index is 11.8. The Morgan fingerprint density at radius 3 is 2.64 bits per heavy atom. The fraction of sp³-hybridized carbons (Fsp3) is 0.533. The van der Waals surface area contributed by atoms with Crippen LogP contribution >= 0.6 is 0 Å². The number of hydrogen-bond donors (Lipinski definition) is 2. The molecule has 1 aliphatic rings. The zero-order valence-electron chi connectivity index (χ0n) is 12.7. The SMILES string of the molecule is CNS(=O)(=O)c1ccc(CCC(=O)NC[C@H]2CCOC2)cc1. The first kappa shape index (κ1) is 16.9. The largest absolute Gasteiger partial charge is 0.381 e. The minimum absolute atomic E-state index is 0.0128. The number of amides is 1. The highest BCUT2D eigenvalue weighted by atomic mass is 32.2. The maximum Gasteiger partial charge on any atom is 0.240 e. The molecule has 7 heteroatoms. The highest BCUT2D eigenvalue weighted by molar-refractivity contribution is 7.89. The summed E-state index contributed by atoms with van der Waals surface area (Å²) < 4.78 is 30.7. The molecule has 0 saturated carbocycles. The maximum atomic E-state index is 11.8. The first-order valence-corrected chi connectivity index (χ1v) is 8.86. The minimum atomic E-state index is -3.41. The molecule has 22 heavy (non-hydrogen) atoms. The quantitative estimate of drug-likeness (QED) is 0.772. The molecule has 122 valence electrons. The molecule has 1 saturated heterocycles. The van der Waals surface area contributed by atoms with Gasteiger partial charge in [-0.1, -0.05) is 12.1 Å². The first-order valence-electron chi connectivity index (χ1n) is 7.38. The molecule has 1 aromatic carbocycles. The average Bonchev–Trinajstić information content (AvgIpc) is 3.05. The molecule has 1 amide bonds. The Hall–Kier alpha value is -1.44. The monoisotopic (exact) mass is 326 g/mol. The van der Waals surface area contributed by atoms with Gasteiger partial charge < -0.3 is 10.1 Å². The second-order valence-electron chi connectivity index (χ2n) is 5.39. The van der Waals surface area contributed by atoms with Crippen molar-refractivity contribution < 1.29 is 17.9 Å². The number of ether oxygens (including phenoxy) is 1. The van der Waals surface area contributed by atoms with Gasteiger partial charge in [-0.15, -0.1) is 0 Å². The Morgan fingerprint density at radius 2 is 2.05 bits per heavy atom. The van der Waals surface area contributed by atoms with Gasteiger partial charge >= 0.3 is 0 Å². The van der Waals surface area contributed by atoms with E-state index < -0.39 is 10.0 Å². The van der Waals surface area contributed by atoms with E-state index in [0.29, 0.717) is 25.3 Å². The third kappa shape index (κ3) is 4.79. The van der Waals surface area contributed by atoms with E-state index in [1.807, 2.05) is 0 Å². The molecule has 0 unspecified atom stereocenters. The molecule has 0 aliphatic carbocycles. The van der Waals surface area contributed by atoms with E-state index in [-0.39, 0.29) is 10.8 Å². The molecule has 0 radical (unpaired) electrons. The van der Waals surface area contributed by atoms with Crippen molar-refractivity contribution in [1.29, 1.82) is 0 Å². The Labute approximate surface area is 131 Å². The summed E-state index contributed by atoms with van der Waals surface area (Å²) in [5.74, 6) is 0.439. The van der Waals surface area contributed by atoms with Gasteiger partial charge in [0, 0.05) is 25.5 Å². The normalized spacial score (nSPS) is 18.3. The second kappa shape index (κ2) is 7.71. The molecule has 1 aliphatic heterocycles. The molecule has 0 aromatic heterocycles. The topological polar surface area (TPSA) is 84.5 Å². The van der Waals surface area contributed by atoms with Gasteiger partial charge in [0.1, 0.15) is 0 Å². The number of aryl methyl sites for hydroxylation is 1. The van der Waals surface area contributed by atoms with Crippen LogP contribution in [0.4, 0.5) is 0 Å². The van der Waals surface area contributed by atoms with E-state index in [0.717, 1.165) is 25.2 Å². The number of benzene rings is 1. The average molecular weight is 326 g/mol. The minimum Gasteiger partial charge on any atom is -0.381 e. The van der Waals surface area contributed by atoms with Crippen molar-refractivity contribution in [2.75, 3.05) is 26.8 Å². The number of carbonyl (C=O) groups is 1. The molecule has 1 aromatic rings. The van der Waals surface area contributed by atoms with E-state index in [1.54, 1.807) is 24.3 Å². The Morgan fingerprint density at radius 1 is 1.32 bits per heavy atom. The fourth-order valence-electron chi connectivity index (χ4n) is 2.30. The van der Waals surface area contributed by atoms with Crippen molar-refractivity contribution in [2.24, 2.45) is 5.92 Å². The van der Waals surface area contributed by atoms with E-state index in [1.165, 1.54) is 7.05 Å². The van der Waals surface area contributed by atoms with Gasteiger partial charge in [0.05, 0.1) is 11.5 Å². The lowest BCUT2D eigenvalue weighted by Gasteiger charge is -2.09. The molecule has 0 bridgehead atoms. The van der Waals surface area contributed by atoms with Crippen LogP contribution in [0.15, 0.2) is 29.2 Å². The lowest BCUT2D eigenvalue weighted by molar-refractivity contribution is -0.121. The van der Waals surface area contributed by atoms with Gasteiger partial charge in [0.2, 0.25) is 15.9 Å². The standard InChI is InChI=1S/C15H22N2O4S/c1-16-22(19,20)14-5-2-12(3-6-14)4-7-15(18)17-10-13-8-9-21-11-13/h2-3,5-6,13,16H,4,7-11H2,1H3,(H,17,18)/t13-/m1/s1. The molecule has 1 fully saturated rings. The van der Waals surface area contributed by atoms with Crippen LogP contribution in [0.1, 0.15) is 18.4 Å². The fourth-order valence-corrected chi connectivity index (χ4v) is 3.03. The van der Waals surface area contributed by atoms with Crippen molar-refractivity contribution in [3.8, 4) is 0 Å². The Kier molecular flexibility index (Phi) is 5.93. The van der Waals surface area contributed by atoms with E-state index >= 15 is 0 Å². The van der Waals surface area contributed by atoms with Crippen LogP contribution in [0.5, 0.6) is 0 Å². The summed E-state index contributed by atoms with van der Waals surface area (Å²) in [5, 5.41) is 2.91. The highest BCUT2D eigenvalue weighted by Crippen LogP contribution is 2.12. The molecule has 6 nitrogen and oxygen atoms in total. The van der Waals surface area contributed by atoms with Gasteiger partial charge in [0.25, 0.3) is 0 Å². The van der Waals surface area contributed by atoms with Crippen molar-refractivity contribution in [3.05, 3.63) is 29.8 Å². The number of sulfonamides is 1. The summed E-state index contributed by atoms with van der Waals surface area (Å²) in [4.78, 5) is 12.0. The van der Waals surface area contributed by atoms with E-state index in [4.69, 9.17) is 4.74 Å². The van der Waals surface area contributed by atoms with Crippen molar-refractivity contribution >= 4 is 15.9 Å². The zero-order chi connectivity index (χ0) is 16.0. The summed E-state index contributed by atoms with van der Waals surface area (Å²) in [7, 11) is -2.03. The lowest BCUT2D eigenvalue weighted by Crippen LogP contribution is -2.29. The molecule has 2 N–H and O–H groups in total. The van der Waals surface area contributed by atoms with Gasteiger partial charge in [-0.25, -0.2) is 13.1 Å². The van der Waals surface area contributed by atoms with Crippen molar-refractivity contribution in [1.82, 2.24) is 10.0 Å². The Balaban J connectivity index is 1.77. The summed E-state index contributed by atoms with van der Waals surface area (Å²) in [6.07, 6.45) is 1.99. The smallest absolute Gasteiger partial charge is 0.240 e. The number of rotatable bonds is 7. The summed E-state index contributed by atoms with van der Waals surface area (Å²) >= 11 is 0. The molecule has 2 rings (SSSR count). The summed E-state index contributed by atoms with van der Waals surface area (Å²) in [6.45, 7) is 2.17. The molecule has 1 heterocycles. The third-order valence-corrected chi connectivity index (χ3v) is 5.19. The number of nitrogens with one attached hydrogen (secondary N) is 2. The van der Waals surface area contributed by atoms with Crippen molar-refractivity contribution in [2.45, 2.75) is 24.2 Å². The van der Waals surface area contributed by atoms with E-state index in [9.17, 15) is 13.2 Å². The van der Waals surface area contributed by atoms with Gasteiger partial charge in [-0.05, 0) is 37.6 Å². The number of carbonyl (C=O) groups excluding carboxylic acids is 1. The predicted molar refractivity (Wildman–Crippen MR) is 82.9 cm³/mol. The zero-order valence-corrected chi connectivity index (χ0v) is 13.5. The van der Waals surface area contributed by atoms with E-state index in [2.05, 4.69) is 10.0 Å². The van der Waals surface area contributed by atoms with Crippen LogP contribution in [-0.4, -0.2) is 41.1 Å². The first-order chi connectivity index (χ1) is 10.5. The molecular formula is C15H22N2O4S. The van der Waals surface area contributed by atoms with Crippen LogP contribution in [0, 0.1) is 5.92 Å². The summed E-state index contributed by atoms with van der Waals surface area (Å²) in [6, 6.07) is 6.58. The molecule has 0 spiro atoms. The molecular weight excluding hydrogens is 304 g/mol. The summed E-state index contributed by atoms with van der Waals surface area (Å²) in [5.41, 5.74) is 0.939. The van der Waals surface area contributed by atoms with Gasteiger partial charge in [-0.2, -0.15) is 0 Å². The third-order valence-electron chi connectivity index (χ3n) is 3.76. The van der Waals surface area contributed by atoms with Gasteiger partial charge in [-0.3, -0.25) is 4.79 Å². The van der Waals surface area contributed by atoms with Crippen molar-refractivity contribution in [3.63, 3.8) is 0 Å². The van der Waals surface area contributed by atoms with Crippen LogP contribution in [-0.2, 0) is 26.0 Å².